The second-order valence-electron chi connectivity index (χ2n) is 9.60. The molecular weight excluding hydrogens is 519 g/mol. The zero-order valence-electron chi connectivity index (χ0n) is 21.1. The number of aromatic nitrogens is 2. The molecular formula is C27H29ClF3N5O2. The van der Waals surface area contributed by atoms with Crippen molar-refractivity contribution in [1.29, 1.82) is 0 Å². The number of likely N-dealkylation sites (tertiary alicyclic amines) is 1. The number of nitrogens with one attached hydrogen (secondary N) is 1. The van der Waals surface area contributed by atoms with E-state index in [4.69, 9.17) is 11.6 Å². The minimum Gasteiger partial charge on any atom is -0.347 e. The summed E-state index contributed by atoms with van der Waals surface area (Å²) in [5.74, 6) is -1.01. The summed E-state index contributed by atoms with van der Waals surface area (Å²) in [6.07, 6.45) is 1.86. The van der Waals surface area contributed by atoms with Crippen LogP contribution in [-0.2, 0) is 22.3 Å². The van der Waals surface area contributed by atoms with Gasteiger partial charge in [-0.05, 0) is 50.8 Å². The summed E-state index contributed by atoms with van der Waals surface area (Å²) in [7, 11) is 0. The van der Waals surface area contributed by atoms with E-state index in [1.165, 1.54) is 17.3 Å². The second kappa shape index (κ2) is 11.1. The monoisotopic (exact) mass is 547 g/mol. The first-order valence-corrected chi connectivity index (χ1v) is 12.7. The van der Waals surface area contributed by atoms with Gasteiger partial charge in [0.2, 0.25) is 5.91 Å². The van der Waals surface area contributed by atoms with Gasteiger partial charge in [0.25, 0.3) is 5.91 Å². The lowest BCUT2D eigenvalue weighted by molar-refractivity contribution is -0.146. The average molecular weight is 548 g/mol. The van der Waals surface area contributed by atoms with E-state index >= 15 is 0 Å². The third kappa shape index (κ3) is 6.18. The number of aliphatic imine (C=N–C) groups is 1. The molecule has 4 rings (SSSR count). The van der Waals surface area contributed by atoms with Crippen LogP contribution in [0.3, 0.4) is 0 Å². The van der Waals surface area contributed by atoms with Crippen LogP contribution in [0.5, 0.6) is 0 Å². The third-order valence-electron chi connectivity index (χ3n) is 6.63. The van der Waals surface area contributed by atoms with Crippen molar-refractivity contribution in [3.8, 4) is 0 Å². The molecule has 2 amide bonds. The van der Waals surface area contributed by atoms with Crippen molar-refractivity contribution in [3.63, 3.8) is 0 Å². The molecule has 2 aliphatic rings. The van der Waals surface area contributed by atoms with Crippen LogP contribution in [0, 0.1) is 6.92 Å². The van der Waals surface area contributed by atoms with Gasteiger partial charge in [0.15, 0.2) is 0 Å². The van der Waals surface area contributed by atoms with Crippen LogP contribution in [0.15, 0.2) is 53.7 Å². The fourth-order valence-corrected chi connectivity index (χ4v) is 4.85. The van der Waals surface area contributed by atoms with Gasteiger partial charge in [-0.25, -0.2) is 0 Å². The number of carbonyl (C=O) groups excluding carboxylic acids is 2. The Morgan fingerprint density at radius 1 is 1.26 bits per heavy atom. The Balaban J connectivity index is 1.62. The topological polar surface area (TPSA) is 79.6 Å². The molecule has 1 aromatic carbocycles. The highest BCUT2D eigenvalue weighted by molar-refractivity contribution is 6.31. The van der Waals surface area contributed by atoms with Gasteiger partial charge in [0.05, 0.1) is 23.4 Å². The second-order valence-corrected chi connectivity index (χ2v) is 10.0. The lowest BCUT2D eigenvalue weighted by Crippen LogP contribution is -2.43. The third-order valence-corrected chi connectivity index (χ3v) is 6.98. The van der Waals surface area contributed by atoms with Crippen LogP contribution >= 0.6 is 11.6 Å². The van der Waals surface area contributed by atoms with E-state index in [9.17, 15) is 22.8 Å². The van der Waals surface area contributed by atoms with Gasteiger partial charge in [-0.15, -0.1) is 0 Å². The number of halogens is 4. The summed E-state index contributed by atoms with van der Waals surface area (Å²) >= 11 is 6.52. The van der Waals surface area contributed by atoms with E-state index in [0.717, 1.165) is 29.2 Å². The normalized spacial score (nSPS) is 20.0. The highest BCUT2D eigenvalue weighted by atomic mass is 35.5. The van der Waals surface area contributed by atoms with Crippen LogP contribution in [-0.4, -0.2) is 45.3 Å². The zero-order chi connectivity index (χ0) is 27.6. The van der Waals surface area contributed by atoms with Crippen LogP contribution < -0.4 is 5.32 Å². The number of carbonyl (C=O) groups is 2. The first kappa shape index (κ1) is 27.6. The summed E-state index contributed by atoms with van der Waals surface area (Å²) in [4.78, 5) is 31.8. The molecule has 11 heteroatoms. The summed E-state index contributed by atoms with van der Waals surface area (Å²) in [6, 6.07) is 5.14. The van der Waals surface area contributed by atoms with Crippen LogP contribution in [0.25, 0.3) is 0 Å². The summed E-state index contributed by atoms with van der Waals surface area (Å²) in [6.45, 7) is 7.04. The summed E-state index contributed by atoms with van der Waals surface area (Å²) in [5, 5.41) is 7.42. The standard InChI is InChI=1S/C27H29ClF3N5O2/c1-4-10-32-14-17(3)26(38)33-21-9-11-35(25(21)19-12-16(2)5-8-20(19)28)24(37)15-36-23(27(29,30)31)13-22(34-36)18-6-7-18/h4-5,8,10,12-14,18,21,25H,3,6-7,9,11,15H2,1-2H3,(H,33,38)/b10-4-,32-14?. The van der Waals surface area contributed by atoms with E-state index in [-0.39, 0.29) is 18.0 Å². The SMILES string of the molecule is C=C(C=N/C=C\C)C(=O)NC1CCN(C(=O)Cn2nc(C3CC3)cc2C(F)(F)F)C1c1cc(C)ccc1Cl. The predicted octanol–water partition coefficient (Wildman–Crippen LogP) is 5.36. The Hall–Kier alpha value is -3.40. The number of hydrogen-bond donors (Lipinski definition) is 1. The zero-order valence-corrected chi connectivity index (χ0v) is 21.9. The first-order valence-electron chi connectivity index (χ1n) is 12.3. The number of aryl methyl sites for hydroxylation is 1. The fourth-order valence-electron chi connectivity index (χ4n) is 4.62. The van der Waals surface area contributed by atoms with Crippen molar-refractivity contribution >= 4 is 29.6 Å². The van der Waals surface area contributed by atoms with E-state index in [0.29, 0.717) is 22.7 Å². The molecule has 2 fully saturated rings. The van der Waals surface area contributed by atoms with Gasteiger partial charge < -0.3 is 10.2 Å². The highest BCUT2D eigenvalue weighted by Gasteiger charge is 2.42. The molecule has 1 aromatic heterocycles. The molecule has 1 aliphatic carbocycles. The molecule has 0 bridgehead atoms. The number of alkyl halides is 3. The van der Waals surface area contributed by atoms with E-state index in [2.05, 4.69) is 22.0 Å². The number of hydrogen-bond acceptors (Lipinski definition) is 4. The van der Waals surface area contributed by atoms with Crippen molar-refractivity contribution in [2.24, 2.45) is 4.99 Å². The first-order chi connectivity index (χ1) is 18.0. The largest absolute Gasteiger partial charge is 0.433 e. The van der Waals surface area contributed by atoms with Crippen molar-refractivity contribution in [2.45, 2.75) is 63.8 Å². The van der Waals surface area contributed by atoms with Gasteiger partial charge in [-0.3, -0.25) is 19.3 Å². The molecule has 1 N–H and O–H groups in total. The Morgan fingerprint density at radius 3 is 2.66 bits per heavy atom. The van der Waals surface area contributed by atoms with E-state index in [1.807, 2.05) is 19.1 Å². The van der Waals surface area contributed by atoms with Crippen molar-refractivity contribution in [2.75, 3.05) is 6.54 Å². The molecule has 1 saturated carbocycles. The lowest BCUT2D eigenvalue weighted by Gasteiger charge is -2.30. The fraction of sp³-hybridized carbons (Fsp3) is 0.407. The smallest absolute Gasteiger partial charge is 0.347 e. The van der Waals surface area contributed by atoms with Gasteiger partial charge in [0.1, 0.15) is 12.2 Å². The van der Waals surface area contributed by atoms with Gasteiger partial charge in [-0.2, -0.15) is 18.3 Å². The Morgan fingerprint density at radius 2 is 2.00 bits per heavy atom. The number of rotatable bonds is 8. The molecule has 38 heavy (non-hydrogen) atoms. The van der Waals surface area contributed by atoms with Gasteiger partial charge in [-0.1, -0.05) is 42.0 Å². The minimum absolute atomic E-state index is 0.00198. The number of nitrogens with zero attached hydrogens (tertiary/aromatic N) is 4. The van der Waals surface area contributed by atoms with E-state index < -0.39 is 42.3 Å². The van der Waals surface area contributed by atoms with Gasteiger partial charge in [0, 0.05) is 29.9 Å². The van der Waals surface area contributed by atoms with Crippen molar-refractivity contribution in [1.82, 2.24) is 20.0 Å². The Kier molecular flexibility index (Phi) is 8.10. The molecule has 2 atom stereocenters. The molecule has 2 aromatic rings. The molecule has 202 valence electrons. The molecule has 0 radical (unpaired) electrons. The molecule has 1 saturated heterocycles. The number of allylic oxidation sites excluding steroid dienone is 1. The summed E-state index contributed by atoms with van der Waals surface area (Å²) in [5.41, 5.74) is 1.02. The molecule has 1 aliphatic heterocycles. The molecule has 2 unspecified atom stereocenters. The average Bonchev–Trinajstić information content (AvgIpc) is 3.48. The quantitative estimate of drug-likeness (QED) is 0.357. The van der Waals surface area contributed by atoms with Crippen molar-refractivity contribution < 1.29 is 22.8 Å². The maximum Gasteiger partial charge on any atom is 0.433 e. The lowest BCUT2D eigenvalue weighted by atomic mass is 9.97. The van der Waals surface area contributed by atoms with E-state index in [1.54, 1.807) is 19.1 Å². The summed E-state index contributed by atoms with van der Waals surface area (Å²) < 4.78 is 41.9. The predicted molar refractivity (Wildman–Crippen MR) is 139 cm³/mol. The Bertz CT molecular complexity index is 1300. The maximum atomic E-state index is 13.7. The Labute approximate surface area is 224 Å². The highest BCUT2D eigenvalue weighted by Crippen LogP contribution is 2.42. The number of benzene rings is 1. The minimum atomic E-state index is -4.64. The van der Waals surface area contributed by atoms with Crippen molar-refractivity contribution in [3.05, 3.63) is 76.2 Å². The molecule has 2 heterocycles. The van der Waals surface area contributed by atoms with Crippen LogP contribution in [0.1, 0.15) is 60.7 Å². The van der Waals surface area contributed by atoms with Crippen LogP contribution in [0.4, 0.5) is 13.2 Å². The molecule has 0 spiro atoms. The molecule has 7 nitrogen and oxygen atoms in total. The van der Waals surface area contributed by atoms with Crippen LogP contribution in [0.2, 0.25) is 5.02 Å². The number of amides is 2. The maximum absolute atomic E-state index is 13.7. The van der Waals surface area contributed by atoms with Gasteiger partial charge >= 0.3 is 6.18 Å².